The quantitative estimate of drug-likeness (QED) is 0.680. The highest BCUT2D eigenvalue weighted by Crippen LogP contribution is 2.34. The minimum atomic E-state index is -0.317. The number of ether oxygens (including phenoxy) is 1. The van der Waals surface area contributed by atoms with Gasteiger partial charge in [-0.25, -0.2) is 0 Å². The lowest BCUT2D eigenvalue weighted by molar-refractivity contribution is -0.115. The van der Waals surface area contributed by atoms with Gasteiger partial charge < -0.3 is 15.4 Å². The van der Waals surface area contributed by atoms with E-state index in [-0.39, 0.29) is 11.2 Å². The SMILES string of the molecule is COc1cc(Cl)c(C)cc1NC(=O)[C@@H](C)Sc1nnc(NC2CC2)s1. The number of methoxy groups -OCH3 is 1. The van der Waals surface area contributed by atoms with Gasteiger partial charge in [-0.1, -0.05) is 34.7 Å². The highest BCUT2D eigenvalue weighted by molar-refractivity contribution is 8.02. The number of nitrogens with one attached hydrogen (secondary N) is 2. The number of amides is 1. The number of carbonyl (C=O) groups is 1. The Balaban J connectivity index is 1.62. The molecule has 1 saturated carbocycles. The van der Waals surface area contributed by atoms with Gasteiger partial charge in [0.1, 0.15) is 5.75 Å². The molecule has 0 spiro atoms. The van der Waals surface area contributed by atoms with Crippen LogP contribution in [0.1, 0.15) is 25.3 Å². The van der Waals surface area contributed by atoms with Crippen LogP contribution in [0.4, 0.5) is 10.8 Å². The number of thioether (sulfide) groups is 1. The Hall–Kier alpha value is -1.51. The molecule has 1 amide bonds. The van der Waals surface area contributed by atoms with E-state index in [1.165, 1.54) is 35.9 Å². The number of aromatic nitrogens is 2. The van der Waals surface area contributed by atoms with E-state index in [1.807, 2.05) is 13.8 Å². The molecule has 0 saturated heterocycles. The van der Waals surface area contributed by atoms with Gasteiger partial charge in [0.2, 0.25) is 11.0 Å². The highest BCUT2D eigenvalue weighted by Gasteiger charge is 2.23. The molecule has 0 unspecified atom stereocenters. The molecule has 1 atom stereocenters. The van der Waals surface area contributed by atoms with Crippen LogP contribution in [0.2, 0.25) is 5.02 Å². The third-order valence-electron chi connectivity index (χ3n) is 3.70. The molecule has 2 aromatic rings. The highest BCUT2D eigenvalue weighted by atomic mass is 35.5. The maximum atomic E-state index is 12.5. The van der Waals surface area contributed by atoms with E-state index in [0.717, 1.165) is 15.0 Å². The predicted molar refractivity (Wildman–Crippen MR) is 103 cm³/mol. The smallest absolute Gasteiger partial charge is 0.237 e. The summed E-state index contributed by atoms with van der Waals surface area (Å²) in [6.07, 6.45) is 2.37. The molecule has 1 heterocycles. The van der Waals surface area contributed by atoms with Gasteiger partial charge in [0.05, 0.1) is 18.0 Å². The summed E-state index contributed by atoms with van der Waals surface area (Å²) < 4.78 is 6.06. The fourth-order valence-electron chi connectivity index (χ4n) is 2.09. The second-order valence-corrected chi connectivity index (χ2v) is 8.82. The fraction of sp³-hybridized carbons (Fsp3) is 0.438. The number of rotatable bonds is 7. The lowest BCUT2D eigenvalue weighted by Crippen LogP contribution is -2.22. The van der Waals surface area contributed by atoms with Gasteiger partial charge in [-0.3, -0.25) is 4.79 Å². The van der Waals surface area contributed by atoms with Crippen LogP contribution in [0.25, 0.3) is 0 Å². The molecule has 134 valence electrons. The van der Waals surface area contributed by atoms with Gasteiger partial charge in [0.25, 0.3) is 0 Å². The molecule has 1 aromatic carbocycles. The number of halogens is 1. The van der Waals surface area contributed by atoms with Crippen molar-refractivity contribution in [3.05, 3.63) is 22.7 Å². The molecule has 1 aromatic heterocycles. The van der Waals surface area contributed by atoms with Crippen LogP contribution in [0.5, 0.6) is 5.75 Å². The zero-order chi connectivity index (χ0) is 18.0. The molecule has 0 radical (unpaired) electrons. The van der Waals surface area contributed by atoms with Crippen LogP contribution in [0.15, 0.2) is 16.5 Å². The van der Waals surface area contributed by atoms with Gasteiger partial charge >= 0.3 is 0 Å². The summed E-state index contributed by atoms with van der Waals surface area (Å²) in [5, 5.41) is 15.5. The summed E-state index contributed by atoms with van der Waals surface area (Å²) >= 11 is 8.96. The Morgan fingerprint density at radius 3 is 2.88 bits per heavy atom. The molecule has 2 N–H and O–H groups in total. The van der Waals surface area contributed by atoms with Crippen molar-refractivity contribution in [2.45, 2.75) is 42.3 Å². The number of hydrogen-bond donors (Lipinski definition) is 2. The zero-order valence-electron chi connectivity index (χ0n) is 14.1. The van der Waals surface area contributed by atoms with Gasteiger partial charge in [-0.05, 0) is 38.3 Å². The first-order chi connectivity index (χ1) is 12.0. The average molecular weight is 399 g/mol. The summed E-state index contributed by atoms with van der Waals surface area (Å²) in [7, 11) is 1.55. The number of carbonyl (C=O) groups excluding carboxylic acids is 1. The molecule has 3 rings (SSSR count). The monoisotopic (exact) mass is 398 g/mol. The van der Waals surface area contributed by atoms with Gasteiger partial charge in [0.15, 0.2) is 4.34 Å². The van der Waals surface area contributed by atoms with Crippen molar-refractivity contribution in [1.82, 2.24) is 10.2 Å². The van der Waals surface area contributed by atoms with Crippen molar-refractivity contribution >= 4 is 51.4 Å². The summed E-state index contributed by atoms with van der Waals surface area (Å²) in [6.45, 7) is 3.72. The first-order valence-electron chi connectivity index (χ1n) is 7.88. The molecule has 0 aliphatic heterocycles. The Kier molecular flexibility index (Phi) is 5.71. The van der Waals surface area contributed by atoms with Crippen LogP contribution in [-0.4, -0.2) is 34.5 Å². The molecule has 0 bridgehead atoms. The van der Waals surface area contributed by atoms with Crippen LogP contribution < -0.4 is 15.4 Å². The third kappa shape index (κ3) is 4.77. The summed E-state index contributed by atoms with van der Waals surface area (Å²) in [5.41, 5.74) is 1.48. The van der Waals surface area contributed by atoms with Crippen molar-refractivity contribution in [2.75, 3.05) is 17.7 Å². The standard InChI is InChI=1S/C16H19ClN4O2S2/c1-8-6-12(13(23-3)7-11(8)17)19-14(22)9(2)24-16-21-20-15(25-16)18-10-4-5-10/h6-7,9-10H,4-5H2,1-3H3,(H,18,20)(H,19,22)/t9-/m1/s1. The normalized spacial score (nSPS) is 14.9. The van der Waals surface area contributed by atoms with Crippen molar-refractivity contribution in [1.29, 1.82) is 0 Å². The Bertz CT molecular complexity index is 779. The largest absolute Gasteiger partial charge is 0.495 e. The van der Waals surface area contributed by atoms with Crippen LogP contribution in [-0.2, 0) is 4.79 Å². The molecule has 25 heavy (non-hydrogen) atoms. The fourth-order valence-corrected chi connectivity index (χ4v) is 4.21. The summed E-state index contributed by atoms with van der Waals surface area (Å²) in [4.78, 5) is 12.5. The summed E-state index contributed by atoms with van der Waals surface area (Å²) in [6, 6.07) is 4.04. The molecule has 9 heteroatoms. The molecule has 1 aliphatic carbocycles. The second-order valence-electron chi connectivity index (χ2n) is 5.84. The number of benzene rings is 1. The van der Waals surface area contributed by atoms with Crippen molar-refractivity contribution < 1.29 is 9.53 Å². The number of hydrogen-bond acceptors (Lipinski definition) is 7. The van der Waals surface area contributed by atoms with E-state index in [0.29, 0.717) is 22.5 Å². The maximum Gasteiger partial charge on any atom is 0.237 e. The van der Waals surface area contributed by atoms with E-state index >= 15 is 0 Å². The Morgan fingerprint density at radius 1 is 1.44 bits per heavy atom. The maximum absolute atomic E-state index is 12.5. The lowest BCUT2D eigenvalue weighted by atomic mass is 10.2. The van der Waals surface area contributed by atoms with E-state index in [4.69, 9.17) is 16.3 Å². The van der Waals surface area contributed by atoms with Crippen molar-refractivity contribution in [2.24, 2.45) is 0 Å². The minimum absolute atomic E-state index is 0.128. The van der Waals surface area contributed by atoms with Gasteiger partial charge in [0, 0.05) is 17.1 Å². The predicted octanol–water partition coefficient (Wildman–Crippen LogP) is 4.20. The lowest BCUT2D eigenvalue weighted by Gasteiger charge is -2.14. The van der Waals surface area contributed by atoms with Crippen molar-refractivity contribution in [3.63, 3.8) is 0 Å². The Labute approximate surface area is 159 Å². The van der Waals surface area contributed by atoms with Crippen molar-refractivity contribution in [3.8, 4) is 5.75 Å². The minimum Gasteiger partial charge on any atom is -0.495 e. The van der Waals surface area contributed by atoms with Gasteiger partial charge in [-0.2, -0.15) is 0 Å². The van der Waals surface area contributed by atoms with Gasteiger partial charge in [-0.15, -0.1) is 10.2 Å². The first kappa shape index (κ1) is 18.3. The number of nitrogens with zero attached hydrogens (tertiary/aromatic N) is 2. The third-order valence-corrected chi connectivity index (χ3v) is 6.14. The van der Waals surface area contributed by atoms with Crippen LogP contribution >= 0.6 is 34.7 Å². The summed E-state index contributed by atoms with van der Waals surface area (Å²) in [5.74, 6) is 0.407. The van der Waals surface area contributed by atoms with E-state index < -0.39 is 0 Å². The zero-order valence-corrected chi connectivity index (χ0v) is 16.5. The first-order valence-corrected chi connectivity index (χ1v) is 9.95. The number of anilines is 2. The van der Waals surface area contributed by atoms with Crippen LogP contribution in [0.3, 0.4) is 0 Å². The molecule has 1 fully saturated rings. The molecule has 1 aliphatic rings. The van der Waals surface area contributed by atoms with Crippen LogP contribution in [0, 0.1) is 6.92 Å². The topological polar surface area (TPSA) is 76.1 Å². The molecule has 6 nitrogen and oxygen atoms in total. The number of aryl methyl sites for hydroxylation is 1. The van der Waals surface area contributed by atoms with E-state index in [9.17, 15) is 4.79 Å². The molecular formula is C16H19ClN4O2S2. The second kappa shape index (κ2) is 7.80. The van der Waals surface area contributed by atoms with E-state index in [1.54, 1.807) is 19.2 Å². The van der Waals surface area contributed by atoms with E-state index in [2.05, 4.69) is 20.8 Å². The average Bonchev–Trinajstić information content (AvgIpc) is 3.28. The Morgan fingerprint density at radius 2 is 2.20 bits per heavy atom. The molecular weight excluding hydrogens is 380 g/mol.